The third-order valence-corrected chi connectivity index (χ3v) is 8.26. The summed E-state index contributed by atoms with van der Waals surface area (Å²) in [6, 6.07) is 16.8. The minimum Gasteiger partial charge on any atom is -0.492 e. The summed E-state index contributed by atoms with van der Waals surface area (Å²) in [4.78, 5) is 15.9. The molecule has 0 radical (unpaired) electrons. The van der Waals surface area contributed by atoms with Crippen molar-refractivity contribution >= 4 is 5.97 Å². The second kappa shape index (κ2) is 12.0. The average Bonchev–Trinajstić information content (AvgIpc) is 3.61. The van der Waals surface area contributed by atoms with Gasteiger partial charge in [-0.05, 0) is 90.4 Å². The fourth-order valence-electron chi connectivity index (χ4n) is 6.22. The van der Waals surface area contributed by atoms with Crippen molar-refractivity contribution in [2.45, 2.75) is 51.7 Å². The standard InChI is InChI=1S/C35H34FNO6/c1-20-13-25(41-18-22-11-12-37-32(15-22)39-3)14-21(2)34(20)27-7-9-29(36)35-28(27)8-10-30(35)43-24-5-6-26-23(16-33(38)40-4)19-42-31(26)17-24/h5-7,9,11-15,17,23,30H,8,10,16,18-19H2,1-4H3. The zero-order valence-electron chi connectivity index (χ0n) is 24.7. The number of halogens is 1. The molecule has 0 spiro atoms. The largest absolute Gasteiger partial charge is 0.492 e. The smallest absolute Gasteiger partial charge is 0.306 e. The van der Waals surface area contributed by atoms with Crippen LogP contribution in [0, 0.1) is 19.7 Å². The van der Waals surface area contributed by atoms with E-state index in [-0.39, 0.29) is 24.1 Å². The second-order valence-corrected chi connectivity index (χ2v) is 11.0. The van der Waals surface area contributed by atoms with E-state index in [9.17, 15) is 4.79 Å². The van der Waals surface area contributed by atoms with Gasteiger partial charge in [-0.25, -0.2) is 9.37 Å². The van der Waals surface area contributed by atoms with Crippen molar-refractivity contribution < 1.29 is 32.9 Å². The maximum Gasteiger partial charge on any atom is 0.306 e. The van der Waals surface area contributed by atoms with Gasteiger partial charge in [0.25, 0.3) is 0 Å². The van der Waals surface area contributed by atoms with Crippen molar-refractivity contribution in [1.29, 1.82) is 0 Å². The van der Waals surface area contributed by atoms with Gasteiger partial charge in [-0.1, -0.05) is 12.1 Å². The molecule has 1 aliphatic heterocycles. The SMILES string of the molecule is COC(=O)CC1COc2cc(OC3CCc4c(-c5c(C)cc(OCc6ccnc(OC)c6)cc5C)ccc(F)c43)ccc21. The third-order valence-electron chi connectivity index (χ3n) is 8.26. The number of fused-ring (bicyclic) bond motifs is 2. The summed E-state index contributed by atoms with van der Waals surface area (Å²) >= 11 is 0. The van der Waals surface area contributed by atoms with E-state index in [1.807, 2.05) is 48.5 Å². The van der Waals surface area contributed by atoms with Gasteiger partial charge in [0.15, 0.2) is 0 Å². The molecule has 7 nitrogen and oxygen atoms in total. The number of hydrogen-bond acceptors (Lipinski definition) is 7. The first-order valence-corrected chi connectivity index (χ1v) is 14.4. The average molecular weight is 584 g/mol. The Hall–Kier alpha value is -4.59. The van der Waals surface area contributed by atoms with Crippen LogP contribution in [-0.4, -0.2) is 31.8 Å². The number of rotatable bonds is 9. The van der Waals surface area contributed by atoms with E-state index in [1.165, 1.54) is 7.11 Å². The molecule has 43 heavy (non-hydrogen) atoms. The number of aromatic nitrogens is 1. The number of carbonyl (C=O) groups is 1. The Bertz CT molecular complexity index is 1660. The van der Waals surface area contributed by atoms with E-state index in [2.05, 4.69) is 18.8 Å². The molecule has 8 heteroatoms. The molecule has 0 N–H and O–H groups in total. The number of aryl methyl sites for hydroxylation is 2. The number of benzene rings is 3. The molecule has 1 aromatic heterocycles. The fraction of sp³-hybridized carbons (Fsp3) is 0.314. The lowest BCUT2D eigenvalue weighted by Crippen LogP contribution is -2.09. The number of esters is 1. The van der Waals surface area contributed by atoms with Gasteiger partial charge in [-0.15, -0.1) is 0 Å². The Morgan fingerprint density at radius 2 is 1.84 bits per heavy atom. The van der Waals surface area contributed by atoms with E-state index in [1.54, 1.807) is 19.4 Å². The minimum atomic E-state index is -0.416. The van der Waals surface area contributed by atoms with Gasteiger partial charge in [-0.2, -0.15) is 0 Å². The van der Waals surface area contributed by atoms with Crippen LogP contribution >= 0.6 is 0 Å². The summed E-state index contributed by atoms with van der Waals surface area (Å²) in [5, 5.41) is 0. The van der Waals surface area contributed by atoms with Crippen LogP contribution in [0.5, 0.6) is 23.1 Å². The predicted molar refractivity (Wildman–Crippen MR) is 159 cm³/mol. The molecule has 2 heterocycles. The zero-order chi connectivity index (χ0) is 30.1. The molecule has 0 saturated carbocycles. The van der Waals surface area contributed by atoms with Crippen LogP contribution in [0.2, 0.25) is 0 Å². The monoisotopic (exact) mass is 583 g/mol. The van der Waals surface area contributed by atoms with Crippen LogP contribution in [0.1, 0.15) is 58.2 Å². The molecule has 6 rings (SSSR count). The van der Waals surface area contributed by atoms with E-state index in [4.69, 9.17) is 23.7 Å². The van der Waals surface area contributed by atoms with Crippen molar-refractivity contribution in [1.82, 2.24) is 4.98 Å². The first-order chi connectivity index (χ1) is 20.8. The molecule has 0 bridgehead atoms. The highest BCUT2D eigenvalue weighted by atomic mass is 19.1. The van der Waals surface area contributed by atoms with Crippen molar-refractivity contribution in [3.8, 4) is 34.3 Å². The number of methoxy groups -OCH3 is 2. The Kier molecular flexibility index (Phi) is 7.93. The van der Waals surface area contributed by atoms with Crippen LogP contribution in [0.4, 0.5) is 4.39 Å². The molecule has 1 aliphatic carbocycles. The lowest BCUT2D eigenvalue weighted by atomic mass is 9.90. The number of carbonyl (C=O) groups excluding carboxylic acids is 1. The van der Waals surface area contributed by atoms with E-state index in [0.717, 1.165) is 44.7 Å². The molecule has 222 valence electrons. The van der Waals surface area contributed by atoms with Gasteiger partial charge in [0.1, 0.15) is 35.8 Å². The Morgan fingerprint density at radius 1 is 1.02 bits per heavy atom. The lowest BCUT2D eigenvalue weighted by molar-refractivity contribution is -0.141. The Morgan fingerprint density at radius 3 is 2.60 bits per heavy atom. The highest BCUT2D eigenvalue weighted by Crippen LogP contribution is 2.45. The highest BCUT2D eigenvalue weighted by Gasteiger charge is 2.32. The maximum absolute atomic E-state index is 15.4. The summed E-state index contributed by atoms with van der Waals surface area (Å²) in [6.45, 7) is 4.92. The number of pyridine rings is 1. The quantitative estimate of drug-likeness (QED) is 0.193. The van der Waals surface area contributed by atoms with Gasteiger partial charge in [0, 0.05) is 35.4 Å². The van der Waals surface area contributed by atoms with E-state index >= 15 is 4.39 Å². The van der Waals surface area contributed by atoms with Crippen LogP contribution in [-0.2, 0) is 22.6 Å². The predicted octanol–water partition coefficient (Wildman–Crippen LogP) is 7.20. The minimum absolute atomic E-state index is 0.0499. The van der Waals surface area contributed by atoms with Crippen LogP contribution in [0.15, 0.2) is 60.8 Å². The summed E-state index contributed by atoms with van der Waals surface area (Å²) in [6.07, 6.45) is 2.92. The highest BCUT2D eigenvalue weighted by molar-refractivity contribution is 5.76. The van der Waals surface area contributed by atoms with Crippen LogP contribution in [0.25, 0.3) is 11.1 Å². The van der Waals surface area contributed by atoms with Crippen molar-refractivity contribution in [3.63, 3.8) is 0 Å². The summed E-state index contributed by atoms with van der Waals surface area (Å²) in [5.74, 6) is 2.03. The topological polar surface area (TPSA) is 76.1 Å². The molecule has 0 saturated heterocycles. The molecule has 0 fully saturated rings. The molecule has 3 aromatic carbocycles. The molecular weight excluding hydrogens is 549 g/mol. The zero-order valence-corrected chi connectivity index (χ0v) is 24.7. The summed E-state index contributed by atoms with van der Waals surface area (Å²) in [7, 11) is 2.97. The van der Waals surface area contributed by atoms with E-state index < -0.39 is 6.10 Å². The lowest BCUT2D eigenvalue weighted by Gasteiger charge is -2.19. The Balaban J connectivity index is 1.22. The van der Waals surface area contributed by atoms with Gasteiger partial charge in [0.2, 0.25) is 5.88 Å². The molecule has 0 amide bonds. The van der Waals surface area contributed by atoms with Gasteiger partial charge in [-0.3, -0.25) is 4.79 Å². The first-order valence-electron chi connectivity index (χ1n) is 14.4. The first kappa shape index (κ1) is 28.5. The van der Waals surface area contributed by atoms with Crippen LogP contribution in [0.3, 0.4) is 0 Å². The second-order valence-electron chi connectivity index (χ2n) is 11.0. The summed E-state index contributed by atoms with van der Waals surface area (Å²) < 4.78 is 43.7. The van der Waals surface area contributed by atoms with E-state index in [0.29, 0.717) is 49.0 Å². The maximum atomic E-state index is 15.4. The number of hydrogen-bond donors (Lipinski definition) is 0. The fourth-order valence-corrected chi connectivity index (χ4v) is 6.22. The number of nitrogens with zero attached hydrogens (tertiary/aromatic N) is 1. The van der Waals surface area contributed by atoms with Crippen molar-refractivity contribution in [2.75, 3.05) is 20.8 Å². The number of ether oxygens (including phenoxy) is 5. The third kappa shape index (κ3) is 5.74. The Labute approximate surface area is 250 Å². The van der Waals surface area contributed by atoms with Gasteiger partial charge < -0.3 is 23.7 Å². The molecule has 2 atom stereocenters. The molecular formula is C35H34FNO6. The molecule has 4 aromatic rings. The molecule has 2 unspecified atom stereocenters. The van der Waals surface area contributed by atoms with Gasteiger partial charge in [0.05, 0.1) is 27.2 Å². The molecule has 2 aliphatic rings. The van der Waals surface area contributed by atoms with Gasteiger partial charge >= 0.3 is 5.97 Å². The summed E-state index contributed by atoms with van der Waals surface area (Å²) in [5.41, 5.74) is 7.71. The van der Waals surface area contributed by atoms with Crippen LogP contribution < -0.4 is 18.9 Å². The van der Waals surface area contributed by atoms with Crippen molar-refractivity contribution in [2.24, 2.45) is 0 Å². The van der Waals surface area contributed by atoms with Crippen molar-refractivity contribution in [3.05, 3.63) is 100.0 Å². The normalized spacial score (nSPS) is 16.7.